The third-order valence-electron chi connectivity index (χ3n) is 5.72. The summed E-state index contributed by atoms with van der Waals surface area (Å²) in [6.45, 7) is -0.0602. The molecule has 0 saturated heterocycles. The van der Waals surface area contributed by atoms with Crippen molar-refractivity contribution in [1.29, 1.82) is 0 Å². The van der Waals surface area contributed by atoms with E-state index in [0.717, 1.165) is 23.7 Å². The molecular weight excluding hydrogens is 429 g/mol. The van der Waals surface area contributed by atoms with Gasteiger partial charge in [0.05, 0.1) is 23.1 Å². The number of rotatable bonds is 5. The zero-order valence-electron chi connectivity index (χ0n) is 17.4. The Hall–Kier alpha value is -4.07. The second-order valence-electron chi connectivity index (χ2n) is 7.89. The van der Waals surface area contributed by atoms with Gasteiger partial charge in [0, 0.05) is 11.3 Å². The SMILES string of the molecule is NC(=O)c1ccc2c(c1)nc(Nc1ccc3c(c1)C=CC3)n2Cc1ccccc1C(F)(F)F. The van der Waals surface area contributed by atoms with Crippen molar-refractivity contribution in [3.05, 3.63) is 94.6 Å². The van der Waals surface area contributed by atoms with Crippen LogP contribution in [0.4, 0.5) is 24.8 Å². The van der Waals surface area contributed by atoms with Crippen LogP contribution in [0.3, 0.4) is 0 Å². The van der Waals surface area contributed by atoms with Crippen molar-refractivity contribution in [2.45, 2.75) is 19.1 Å². The molecular formula is C25H19F3N4O. The second kappa shape index (κ2) is 7.81. The Kier molecular flexibility index (Phi) is 4.92. The average Bonchev–Trinajstić information content (AvgIpc) is 3.37. The number of fused-ring (bicyclic) bond motifs is 2. The van der Waals surface area contributed by atoms with Gasteiger partial charge in [-0.25, -0.2) is 4.98 Å². The van der Waals surface area contributed by atoms with Crippen LogP contribution in [0.25, 0.3) is 17.1 Å². The normalized spacial score (nSPS) is 12.8. The van der Waals surface area contributed by atoms with Crippen molar-refractivity contribution in [3.63, 3.8) is 0 Å². The summed E-state index contributed by atoms with van der Waals surface area (Å²) < 4.78 is 42.5. The molecule has 1 aliphatic rings. The van der Waals surface area contributed by atoms with Crippen molar-refractivity contribution in [1.82, 2.24) is 9.55 Å². The molecule has 4 aromatic rings. The number of carbonyl (C=O) groups excluding carboxylic acids is 1. The Morgan fingerprint density at radius 3 is 2.70 bits per heavy atom. The van der Waals surface area contributed by atoms with E-state index in [2.05, 4.69) is 16.4 Å². The van der Waals surface area contributed by atoms with Crippen molar-refractivity contribution in [3.8, 4) is 0 Å². The number of imidazole rings is 1. The highest BCUT2D eigenvalue weighted by Crippen LogP contribution is 2.34. The minimum atomic E-state index is -4.48. The minimum Gasteiger partial charge on any atom is -0.366 e. The van der Waals surface area contributed by atoms with Crippen molar-refractivity contribution in [2.75, 3.05) is 5.32 Å². The molecule has 0 saturated carbocycles. The van der Waals surface area contributed by atoms with Gasteiger partial charge in [0.1, 0.15) is 0 Å². The van der Waals surface area contributed by atoms with Gasteiger partial charge in [-0.3, -0.25) is 4.79 Å². The monoisotopic (exact) mass is 448 g/mol. The van der Waals surface area contributed by atoms with Gasteiger partial charge in [-0.2, -0.15) is 13.2 Å². The van der Waals surface area contributed by atoms with Gasteiger partial charge >= 0.3 is 6.18 Å². The number of aromatic nitrogens is 2. The van der Waals surface area contributed by atoms with E-state index in [4.69, 9.17) is 5.73 Å². The lowest BCUT2D eigenvalue weighted by atomic mass is 10.1. The smallest absolute Gasteiger partial charge is 0.366 e. The van der Waals surface area contributed by atoms with Crippen molar-refractivity contribution in [2.24, 2.45) is 5.73 Å². The highest BCUT2D eigenvalue weighted by Gasteiger charge is 2.33. The van der Waals surface area contributed by atoms with E-state index in [9.17, 15) is 18.0 Å². The zero-order chi connectivity index (χ0) is 23.2. The van der Waals surface area contributed by atoms with E-state index in [0.29, 0.717) is 17.0 Å². The highest BCUT2D eigenvalue weighted by atomic mass is 19.4. The van der Waals surface area contributed by atoms with E-state index >= 15 is 0 Å². The molecule has 1 amide bonds. The molecule has 0 spiro atoms. The van der Waals surface area contributed by atoms with E-state index in [-0.39, 0.29) is 17.7 Å². The number of anilines is 2. The number of allylic oxidation sites excluding steroid dienone is 1. The van der Waals surface area contributed by atoms with Gasteiger partial charge in [0.15, 0.2) is 0 Å². The number of amides is 1. The van der Waals surface area contributed by atoms with Crippen LogP contribution < -0.4 is 11.1 Å². The lowest BCUT2D eigenvalue weighted by molar-refractivity contribution is -0.138. The largest absolute Gasteiger partial charge is 0.416 e. The fourth-order valence-electron chi connectivity index (χ4n) is 4.10. The molecule has 0 bridgehead atoms. The molecule has 166 valence electrons. The number of hydrogen-bond acceptors (Lipinski definition) is 3. The molecule has 33 heavy (non-hydrogen) atoms. The first-order chi connectivity index (χ1) is 15.8. The van der Waals surface area contributed by atoms with Crippen LogP contribution in [0, 0.1) is 0 Å². The molecule has 0 atom stereocenters. The van der Waals surface area contributed by atoms with E-state index in [1.54, 1.807) is 28.8 Å². The molecule has 8 heteroatoms. The summed E-state index contributed by atoms with van der Waals surface area (Å²) in [6, 6.07) is 16.1. The molecule has 0 unspecified atom stereocenters. The summed E-state index contributed by atoms with van der Waals surface area (Å²) in [5, 5.41) is 3.24. The standard InChI is InChI=1S/C25H19F3N4O/c26-25(27,28)20-7-2-1-4-18(20)14-32-22-11-9-17(23(29)33)13-21(22)31-24(32)30-19-10-8-15-5-3-6-16(15)12-19/h1-4,6-13H,5,14H2,(H2,29,33)(H,30,31). The van der Waals surface area contributed by atoms with Gasteiger partial charge in [0.2, 0.25) is 11.9 Å². The number of hydrogen-bond donors (Lipinski definition) is 2. The first-order valence-corrected chi connectivity index (χ1v) is 10.3. The molecule has 3 N–H and O–H groups in total. The molecule has 5 nitrogen and oxygen atoms in total. The van der Waals surface area contributed by atoms with Gasteiger partial charge in [-0.15, -0.1) is 0 Å². The third kappa shape index (κ3) is 3.95. The number of primary amides is 1. The summed E-state index contributed by atoms with van der Waals surface area (Å²) in [7, 11) is 0. The molecule has 0 radical (unpaired) electrons. The Morgan fingerprint density at radius 1 is 1.09 bits per heavy atom. The number of halogens is 3. The summed E-state index contributed by atoms with van der Waals surface area (Å²) in [4.78, 5) is 16.2. The van der Waals surface area contributed by atoms with Crippen LogP contribution in [0.1, 0.15) is 32.6 Å². The second-order valence-corrected chi connectivity index (χ2v) is 7.89. The molecule has 1 aliphatic carbocycles. The Balaban J connectivity index is 1.62. The van der Waals surface area contributed by atoms with Crippen LogP contribution >= 0.6 is 0 Å². The van der Waals surface area contributed by atoms with Gasteiger partial charge in [0.25, 0.3) is 0 Å². The maximum atomic E-state index is 13.6. The van der Waals surface area contributed by atoms with Crippen LogP contribution in [-0.4, -0.2) is 15.5 Å². The summed E-state index contributed by atoms with van der Waals surface area (Å²) in [5.74, 6) is -0.237. The van der Waals surface area contributed by atoms with Gasteiger partial charge < -0.3 is 15.6 Å². The molecule has 5 rings (SSSR count). The van der Waals surface area contributed by atoms with Crippen molar-refractivity contribution < 1.29 is 18.0 Å². The minimum absolute atomic E-state index is 0.0602. The summed E-state index contributed by atoms with van der Waals surface area (Å²) in [6.07, 6.45) is 0.496. The predicted molar refractivity (Wildman–Crippen MR) is 121 cm³/mol. The van der Waals surface area contributed by atoms with Crippen LogP contribution in [0.2, 0.25) is 0 Å². The summed E-state index contributed by atoms with van der Waals surface area (Å²) >= 11 is 0. The Bertz CT molecular complexity index is 1420. The van der Waals surface area contributed by atoms with Crippen LogP contribution in [0.5, 0.6) is 0 Å². The molecule has 1 aromatic heterocycles. The first-order valence-electron chi connectivity index (χ1n) is 10.3. The number of nitrogens with one attached hydrogen (secondary N) is 1. The first kappa shape index (κ1) is 20.8. The Labute approximate surface area is 187 Å². The molecule has 0 aliphatic heterocycles. The van der Waals surface area contributed by atoms with Gasteiger partial charge in [-0.1, -0.05) is 36.4 Å². The number of nitrogens with zero attached hydrogens (tertiary/aromatic N) is 2. The van der Waals surface area contributed by atoms with Crippen LogP contribution in [-0.2, 0) is 19.1 Å². The Morgan fingerprint density at radius 2 is 1.91 bits per heavy atom. The quantitative estimate of drug-likeness (QED) is 0.423. The predicted octanol–water partition coefficient (Wildman–Crippen LogP) is 5.52. The van der Waals surface area contributed by atoms with E-state index < -0.39 is 17.6 Å². The lowest BCUT2D eigenvalue weighted by Gasteiger charge is -2.16. The average molecular weight is 448 g/mol. The fourth-order valence-corrected chi connectivity index (χ4v) is 4.10. The fraction of sp³-hybridized carbons (Fsp3) is 0.120. The van der Waals surface area contributed by atoms with E-state index in [1.165, 1.54) is 17.7 Å². The summed E-state index contributed by atoms with van der Waals surface area (Å²) in [5.41, 5.74) is 9.18. The zero-order valence-corrected chi connectivity index (χ0v) is 17.4. The van der Waals surface area contributed by atoms with Crippen LogP contribution in [0.15, 0.2) is 66.7 Å². The molecule has 0 fully saturated rings. The maximum absolute atomic E-state index is 13.6. The number of benzene rings is 3. The number of alkyl halides is 3. The third-order valence-corrected chi connectivity index (χ3v) is 5.72. The maximum Gasteiger partial charge on any atom is 0.416 e. The highest BCUT2D eigenvalue weighted by molar-refractivity contribution is 5.96. The number of carbonyl (C=O) groups is 1. The topological polar surface area (TPSA) is 72.9 Å². The lowest BCUT2D eigenvalue weighted by Crippen LogP contribution is -2.13. The molecule has 3 aromatic carbocycles. The molecule has 1 heterocycles. The van der Waals surface area contributed by atoms with E-state index in [1.807, 2.05) is 24.3 Å². The van der Waals surface area contributed by atoms with Crippen molar-refractivity contribution >= 4 is 34.7 Å². The van der Waals surface area contributed by atoms with Gasteiger partial charge in [-0.05, 0) is 59.5 Å². The number of nitrogens with two attached hydrogens (primary N) is 1.